The summed E-state index contributed by atoms with van der Waals surface area (Å²) in [4.78, 5) is 17.2. The Bertz CT molecular complexity index is 700. The lowest BCUT2D eigenvalue weighted by Crippen LogP contribution is -2.44. The van der Waals surface area contributed by atoms with Crippen LogP contribution in [0.1, 0.15) is 10.4 Å². The lowest BCUT2D eigenvalue weighted by atomic mass is 10.1. The second kappa shape index (κ2) is 5.33. The Labute approximate surface area is 128 Å². The van der Waals surface area contributed by atoms with Gasteiger partial charge < -0.3 is 9.64 Å². The molecule has 0 aromatic carbocycles. The molecule has 0 spiro atoms. The number of nitrogens with zero attached hydrogens (tertiary/aromatic N) is 5. The average Bonchev–Trinajstić information content (AvgIpc) is 2.83. The molecular weight excluding hydrogens is 282 g/mol. The maximum absolute atomic E-state index is 13.0. The van der Waals surface area contributed by atoms with E-state index in [-0.39, 0.29) is 11.9 Å². The summed E-state index contributed by atoms with van der Waals surface area (Å²) >= 11 is 0. The normalized spacial score (nSPS) is 26.1. The quantitative estimate of drug-likeness (QED) is 0.749. The van der Waals surface area contributed by atoms with Gasteiger partial charge >= 0.3 is 0 Å². The van der Waals surface area contributed by atoms with Crippen LogP contribution in [0.3, 0.4) is 0 Å². The molecule has 2 aliphatic heterocycles. The number of rotatable bonds is 1. The van der Waals surface area contributed by atoms with Crippen LogP contribution < -0.4 is 0 Å². The molecule has 7 nitrogen and oxygen atoms in total. The predicted molar refractivity (Wildman–Crippen MR) is 79.6 cm³/mol. The van der Waals surface area contributed by atoms with Gasteiger partial charge in [-0.15, -0.1) is 10.2 Å². The van der Waals surface area contributed by atoms with Gasteiger partial charge in [0.1, 0.15) is 6.33 Å². The summed E-state index contributed by atoms with van der Waals surface area (Å²) < 4.78 is 7.50. The van der Waals surface area contributed by atoms with Crippen LogP contribution in [0.2, 0.25) is 0 Å². The SMILES string of the molecule is CN1C[C@H]2COC[C@@H]1CN(C(=O)c1cccn3cnnc13)C2. The molecule has 2 saturated heterocycles. The molecule has 2 atom stereocenters. The molecule has 0 unspecified atom stereocenters. The Balaban J connectivity index is 1.66. The zero-order chi connectivity index (χ0) is 15.1. The molecule has 0 N–H and O–H groups in total. The molecule has 0 radical (unpaired) electrons. The summed E-state index contributed by atoms with van der Waals surface area (Å²) in [5.74, 6) is 0.393. The highest BCUT2D eigenvalue weighted by atomic mass is 16.5. The third-order valence-corrected chi connectivity index (χ3v) is 4.58. The van der Waals surface area contributed by atoms with Crippen LogP contribution in [0.25, 0.3) is 5.65 Å². The molecule has 116 valence electrons. The molecule has 2 aromatic rings. The number of amides is 1. The maximum Gasteiger partial charge on any atom is 0.257 e. The Morgan fingerprint density at radius 1 is 1.32 bits per heavy atom. The fourth-order valence-electron chi connectivity index (χ4n) is 3.40. The lowest BCUT2D eigenvalue weighted by Gasteiger charge is -2.29. The second-order valence-corrected chi connectivity index (χ2v) is 6.19. The first kappa shape index (κ1) is 13.7. The van der Waals surface area contributed by atoms with Crippen molar-refractivity contribution in [2.24, 2.45) is 5.92 Å². The van der Waals surface area contributed by atoms with E-state index in [9.17, 15) is 4.79 Å². The summed E-state index contributed by atoms with van der Waals surface area (Å²) in [5.41, 5.74) is 1.23. The Morgan fingerprint density at radius 2 is 2.23 bits per heavy atom. The Kier molecular flexibility index (Phi) is 3.31. The largest absolute Gasteiger partial charge is 0.379 e. The van der Waals surface area contributed by atoms with E-state index in [4.69, 9.17) is 4.74 Å². The van der Waals surface area contributed by atoms with Crippen LogP contribution in [0.5, 0.6) is 0 Å². The third-order valence-electron chi connectivity index (χ3n) is 4.58. The highest BCUT2D eigenvalue weighted by Crippen LogP contribution is 2.21. The number of pyridine rings is 1. The molecule has 2 aromatic heterocycles. The van der Waals surface area contributed by atoms with Gasteiger partial charge in [-0.1, -0.05) is 0 Å². The minimum atomic E-state index is 0.0331. The second-order valence-electron chi connectivity index (χ2n) is 6.19. The van der Waals surface area contributed by atoms with E-state index < -0.39 is 0 Å². The van der Waals surface area contributed by atoms with Crippen molar-refractivity contribution in [3.8, 4) is 0 Å². The van der Waals surface area contributed by atoms with Crippen LogP contribution in [0.4, 0.5) is 0 Å². The summed E-state index contributed by atoms with van der Waals surface area (Å²) in [6.45, 7) is 3.81. The van der Waals surface area contributed by atoms with E-state index in [2.05, 4.69) is 22.1 Å². The number of ether oxygens (including phenoxy) is 1. The first-order valence-corrected chi connectivity index (χ1v) is 7.58. The van der Waals surface area contributed by atoms with Crippen molar-refractivity contribution in [2.45, 2.75) is 6.04 Å². The van der Waals surface area contributed by atoms with Crippen LogP contribution in [0.15, 0.2) is 24.7 Å². The summed E-state index contributed by atoms with van der Waals surface area (Å²) in [5, 5.41) is 7.97. The van der Waals surface area contributed by atoms with E-state index in [1.807, 2.05) is 23.2 Å². The van der Waals surface area contributed by atoms with Crippen molar-refractivity contribution in [3.05, 3.63) is 30.2 Å². The highest BCUT2D eigenvalue weighted by molar-refractivity contribution is 5.99. The van der Waals surface area contributed by atoms with Crippen molar-refractivity contribution in [3.63, 3.8) is 0 Å². The van der Waals surface area contributed by atoms with E-state index >= 15 is 0 Å². The van der Waals surface area contributed by atoms with Gasteiger partial charge in [0.05, 0.1) is 24.8 Å². The van der Waals surface area contributed by atoms with Gasteiger partial charge in [-0.3, -0.25) is 14.1 Å². The molecule has 2 bridgehead atoms. The molecule has 0 aliphatic carbocycles. The Hall–Kier alpha value is -1.99. The molecule has 4 heterocycles. The van der Waals surface area contributed by atoms with Crippen LogP contribution in [-0.4, -0.2) is 76.2 Å². The molecule has 1 amide bonds. The summed E-state index contributed by atoms with van der Waals surface area (Å²) in [6, 6.07) is 3.94. The van der Waals surface area contributed by atoms with Crippen LogP contribution >= 0.6 is 0 Å². The van der Waals surface area contributed by atoms with E-state index in [1.165, 1.54) is 0 Å². The fraction of sp³-hybridized carbons (Fsp3) is 0.533. The Morgan fingerprint density at radius 3 is 3.14 bits per heavy atom. The van der Waals surface area contributed by atoms with Crippen molar-refractivity contribution >= 4 is 11.6 Å². The fourth-order valence-corrected chi connectivity index (χ4v) is 3.40. The van der Waals surface area contributed by atoms with Crippen molar-refractivity contribution in [1.29, 1.82) is 0 Å². The minimum absolute atomic E-state index is 0.0331. The molecular formula is C15H19N5O2. The van der Waals surface area contributed by atoms with Gasteiger partial charge in [-0.25, -0.2) is 0 Å². The van der Waals surface area contributed by atoms with Gasteiger partial charge in [0, 0.05) is 31.7 Å². The molecule has 0 saturated carbocycles. The number of carbonyl (C=O) groups is 1. The number of aromatic nitrogens is 3. The summed E-state index contributed by atoms with van der Waals surface area (Å²) in [7, 11) is 2.11. The van der Waals surface area contributed by atoms with E-state index in [1.54, 1.807) is 10.7 Å². The standard InChI is InChI=1S/C15H19N5O2/c1-18-5-11-6-20(7-12(18)9-22-8-11)15(21)13-3-2-4-19-10-16-17-14(13)19/h2-4,10-12H,5-9H2,1H3/t11-,12+/m1/s1. The minimum Gasteiger partial charge on any atom is -0.379 e. The number of hydrogen-bond acceptors (Lipinski definition) is 5. The molecule has 4 rings (SSSR count). The first-order valence-electron chi connectivity index (χ1n) is 7.58. The van der Waals surface area contributed by atoms with Gasteiger partial charge in [0.2, 0.25) is 0 Å². The number of likely N-dealkylation sites (N-methyl/N-ethyl adjacent to an activating group) is 1. The first-order chi connectivity index (χ1) is 10.7. The molecule has 2 aliphatic rings. The summed E-state index contributed by atoms with van der Waals surface area (Å²) in [6.07, 6.45) is 3.47. The number of carbonyl (C=O) groups excluding carboxylic acids is 1. The zero-order valence-electron chi connectivity index (χ0n) is 12.6. The van der Waals surface area contributed by atoms with Gasteiger partial charge in [-0.2, -0.15) is 0 Å². The van der Waals surface area contributed by atoms with Gasteiger partial charge in [0.25, 0.3) is 5.91 Å². The topological polar surface area (TPSA) is 63.0 Å². The van der Waals surface area contributed by atoms with Gasteiger partial charge in [0.15, 0.2) is 5.65 Å². The molecule has 2 fully saturated rings. The zero-order valence-corrected chi connectivity index (χ0v) is 12.6. The third kappa shape index (κ3) is 2.26. The lowest BCUT2D eigenvalue weighted by molar-refractivity contribution is 0.0434. The maximum atomic E-state index is 13.0. The van der Waals surface area contributed by atoms with Crippen LogP contribution in [-0.2, 0) is 4.74 Å². The molecule has 7 heteroatoms. The van der Waals surface area contributed by atoms with E-state index in [0.29, 0.717) is 30.3 Å². The smallest absolute Gasteiger partial charge is 0.257 e. The number of fused-ring (bicyclic) bond motifs is 4. The molecule has 22 heavy (non-hydrogen) atoms. The van der Waals surface area contributed by atoms with Crippen molar-refractivity contribution in [1.82, 2.24) is 24.4 Å². The van der Waals surface area contributed by atoms with Crippen molar-refractivity contribution in [2.75, 3.05) is 39.9 Å². The monoisotopic (exact) mass is 301 g/mol. The predicted octanol–water partition coefficient (Wildman–Crippen LogP) is 0.132. The van der Waals surface area contributed by atoms with E-state index in [0.717, 1.165) is 19.7 Å². The number of hydrogen-bond donors (Lipinski definition) is 0. The highest BCUT2D eigenvalue weighted by Gasteiger charge is 2.34. The average molecular weight is 301 g/mol. The van der Waals surface area contributed by atoms with Crippen LogP contribution in [0, 0.1) is 5.92 Å². The van der Waals surface area contributed by atoms with Gasteiger partial charge in [-0.05, 0) is 19.2 Å². The van der Waals surface area contributed by atoms with Crippen molar-refractivity contribution < 1.29 is 9.53 Å².